The number of unbranched alkanes of at least 4 members (excludes halogenated alkanes) is 6. The summed E-state index contributed by atoms with van der Waals surface area (Å²) in [4.78, 5) is 30.9. The first kappa shape index (κ1) is 36.4. The average molecular weight is 453 g/mol. The summed E-state index contributed by atoms with van der Waals surface area (Å²) in [6.07, 6.45) is 10.1. The van der Waals surface area contributed by atoms with E-state index < -0.39 is 39.6 Å². The van der Waals surface area contributed by atoms with E-state index in [4.69, 9.17) is 10.3 Å². The Balaban J connectivity index is -0.000000202. The normalized spacial score (nSPS) is 12.5. The van der Waals surface area contributed by atoms with Crippen LogP contribution in [0.5, 0.6) is 0 Å². The SMILES string of the molecule is CCC(CC(=O)[O-])(C(=O)[O-])S(=O)(=O)O.CCCCCCCCC=CC(N)=O.[Na+].[Na+]. The van der Waals surface area contributed by atoms with Crippen molar-refractivity contribution in [1.29, 1.82) is 0 Å². The molecule has 9 nitrogen and oxygen atoms in total. The van der Waals surface area contributed by atoms with E-state index in [1.54, 1.807) is 0 Å². The van der Waals surface area contributed by atoms with Crippen LogP contribution in [-0.4, -0.2) is 35.6 Å². The molecule has 0 heterocycles. The van der Waals surface area contributed by atoms with Crippen molar-refractivity contribution in [1.82, 2.24) is 0 Å². The molecule has 0 aromatic rings. The van der Waals surface area contributed by atoms with Gasteiger partial charge in [0.1, 0.15) is 4.75 Å². The largest absolute Gasteiger partial charge is 1.00 e. The topological polar surface area (TPSA) is 178 Å². The minimum Gasteiger partial charge on any atom is -0.550 e. The van der Waals surface area contributed by atoms with Crippen molar-refractivity contribution in [3.05, 3.63) is 12.2 Å². The molecule has 158 valence electrons. The summed E-state index contributed by atoms with van der Waals surface area (Å²) in [5.74, 6) is -4.40. The summed E-state index contributed by atoms with van der Waals surface area (Å²) >= 11 is 0. The van der Waals surface area contributed by atoms with Gasteiger partial charge in [-0.05, 0) is 25.3 Å². The van der Waals surface area contributed by atoms with Gasteiger partial charge in [-0.3, -0.25) is 9.35 Å². The number of carbonyl (C=O) groups excluding carboxylic acids is 3. The predicted molar refractivity (Wildman–Crippen MR) is 95.5 cm³/mol. The number of amides is 1. The minimum atomic E-state index is -5.05. The third-order valence-electron chi connectivity index (χ3n) is 3.87. The molecule has 0 aromatic heterocycles. The van der Waals surface area contributed by atoms with Crippen molar-refractivity contribution >= 4 is 28.0 Å². The Morgan fingerprint density at radius 3 is 1.79 bits per heavy atom. The van der Waals surface area contributed by atoms with Gasteiger partial charge in [-0.25, -0.2) is 0 Å². The van der Waals surface area contributed by atoms with Crippen molar-refractivity contribution in [2.24, 2.45) is 5.73 Å². The Hall–Kier alpha value is 0.0600. The van der Waals surface area contributed by atoms with Gasteiger partial charge in [0, 0.05) is 12.4 Å². The summed E-state index contributed by atoms with van der Waals surface area (Å²) in [5.41, 5.74) is 4.95. The predicted octanol–water partition coefficient (Wildman–Crippen LogP) is -6.30. The third-order valence-corrected chi connectivity index (χ3v) is 5.46. The number of nitrogens with two attached hydrogens (primary N) is 1. The van der Waals surface area contributed by atoms with Crippen LogP contribution in [-0.2, 0) is 24.5 Å². The Morgan fingerprint density at radius 1 is 1.00 bits per heavy atom. The maximum absolute atomic E-state index is 10.7. The zero-order valence-corrected chi connectivity index (χ0v) is 22.6. The molecule has 1 unspecified atom stereocenters. The molecule has 0 aliphatic carbocycles. The van der Waals surface area contributed by atoms with E-state index in [-0.39, 0.29) is 65.0 Å². The molecule has 29 heavy (non-hydrogen) atoms. The molecule has 0 spiro atoms. The van der Waals surface area contributed by atoms with Crippen molar-refractivity contribution < 1.29 is 96.7 Å². The van der Waals surface area contributed by atoms with Gasteiger partial charge >= 0.3 is 59.1 Å². The number of carboxylic acid groups (broad SMARTS) is 2. The van der Waals surface area contributed by atoms with Crippen LogP contribution in [0.4, 0.5) is 0 Å². The van der Waals surface area contributed by atoms with Crippen LogP contribution >= 0.6 is 0 Å². The maximum atomic E-state index is 10.7. The van der Waals surface area contributed by atoms with E-state index in [0.29, 0.717) is 0 Å². The van der Waals surface area contributed by atoms with E-state index in [9.17, 15) is 33.0 Å². The Bertz CT molecular complexity index is 611. The number of hydrogen-bond acceptors (Lipinski definition) is 7. The van der Waals surface area contributed by atoms with Crippen LogP contribution in [0.25, 0.3) is 0 Å². The van der Waals surface area contributed by atoms with Gasteiger partial charge in [0.2, 0.25) is 5.91 Å². The zero-order valence-electron chi connectivity index (χ0n) is 17.8. The van der Waals surface area contributed by atoms with E-state index in [1.165, 1.54) is 44.6 Å². The average Bonchev–Trinajstić information content (AvgIpc) is 2.53. The molecule has 0 bridgehead atoms. The minimum absolute atomic E-state index is 0. The number of rotatable bonds is 13. The van der Waals surface area contributed by atoms with Crippen molar-refractivity contribution in [3.63, 3.8) is 0 Å². The molecular weight excluding hydrogens is 424 g/mol. The molecule has 0 rings (SSSR count). The van der Waals surface area contributed by atoms with Gasteiger partial charge in [-0.1, -0.05) is 52.0 Å². The van der Waals surface area contributed by atoms with Gasteiger partial charge in [0.25, 0.3) is 10.1 Å². The van der Waals surface area contributed by atoms with Gasteiger partial charge in [0.05, 0.1) is 5.97 Å². The van der Waals surface area contributed by atoms with Gasteiger partial charge < -0.3 is 25.5 Å². The first-order valence-electron chi connectivity index (χ1n) is 8.78. The number of allylic oxidation sites excluding steroid dienone is 1. The quantitative estimate of drug-likeness (QED) is 0.120. The van der Waals surface area contributed by atoms with E-state index >= 15 is 0 Å². The second-order valence-corrected chi connectivity index (χ2v) is 7.75. The van der Waals surface area contributed by atoms with E-state index in [2.05, 4.69) is 6.92 Å². The smallest absolute Gasteiger partial charge is 0.550 e. The molecular formula is C17H29NNa2O8S. The van der Waals surface area contributed by atoms with Crippen molar-refractivity contribution in [2.75, 3.05) is 0 Å². The molecule has 1 atom stereocenters. The van der Waals surface area contributed by atoms with Crippen LogP contribution in [0.2, 0.25) is 0 Å². The van der Waals surface area contributed by atoms with Gasteiger partial charge in [-0.15, -0.1) is 0 Å². The molecule has 3 N–H and O–H groups in total. The molecule has 12 heteroatoms. The van der Waals surface area contributed by atoms with Crippen LogP contribution in [0, 0.1) is 0 Å². The summed E-state index contributed by atoms with van der Waals surface area (Å²) in [6, 6.07) is 0. The van der Waals surface area contributed by atoms with Crippen molar-refractivity contribution in [3.8, 4) is 0 Å². The molecule has 0 aliphatic heterocycles. The number of hydrogen-bond donors (Lipinski definition) is 2. The van der Waals surface area contributed by atoms with Crippen molar-refractivity contribution in [2.45, 2.75) is 76.4 Å². The molecule has 0 aromatic carbocycles. The molecule has 0 fully saturated rings. The Morgan fingerprint density at radius 2 is 1.48 bits per heavy atom. The molecule has 1 amide bonds. The molecule has 0 saturated heterocycles. The summed E-state index contributed by atoms with van der Waals surface area (Å²) in [6.45, 7) is 3.32. The first-order chi connectivity index (χ1) is 12.4. The van der Waals surface area contributed by atoms with Gasteiger partial charge in [0.15, 0.2) is 0 Å². The second-order valence-electron chi connectivity index (χ2n) is 6.02. The summed E-state index contributed by atoms with van der Waals surface area (Å²) in [7, 11) is -5.05. The first-order valence-corrected chi connectivity index (χ1v) is 10.2. The Labute approximate surface area is 217 Å². The fourth-order valence-electron chi connectivity index (χ4n) is 2.20. The van der Waals surface area contributed by atoms with Crippen LogP contribution < -0.4 is 75.1 Å². The van der Waals surface area contributed by atoms with Crippen LogP contribution in [0.3, 0.4) is 0 Å². The number of aliphatic carboxylic acids is 2. The van der Waals surface area contributed by atoms with Crippen LogP contribution in [0.15, 0.2) is 12.2 Å². The zero-order chi connectivity index (χ0) is 21.5. The molecule has 0 radical (unpaired) electrons. The summed E-state index contributed by atoms with van der Waals surface area (Å²) in [5, 5.41) is 20.6. The number of carbonyl (C=O) groups is 3. The number of carboxylic acids is 2. The van der Waals surface area contributed by atoms with E-state index in [1.807, 2.05) is 6.08 Å². The maximum Gasteiger partial charge on any atom is 1.00 e. The monoisotopic (exact) mass is 453 g/mol. The third kappa shape index (κ3) is 17.4. The molecule has 0 saturated carbocycles. The van der Waals surface area contributed by atoms with Crippen LogP contribution in [0.1, 0.15) is 71.6 Å². The van der Waals surface area contributed by atoms with E-state index in [0.717, 1.165) is 13.3 Å². The van der Waals surface area contributed by atoms with Gasteiger partial charge in [-0.2, -0.15) is 8.42 Å². The fourth-order valence-corrected chi connectivity index (χ4v) is 3.07. The fraction of sp³-hybridized carbons (Fsp3) is 0.706. The summed E-state index contributed by atoms with van der Waals surface area (Å²) < 4.78 is 27.2. The standard InChI is InChI=1S/C11H21NO.C6H10O7S.2Na/c1-2-3-4-5-6-7-8-9-10-11(12)13;1-2-6(5(9)10,3-4(7)8)14(11,12)13;;/h9-10H,2-8H2,1H3,(H2,12,13);2-3H2,1H3,(H,7,8)(H,9,10)(H,11,12,13);;/q;;2*+1/p-2. The number of primary amides is 1. The molecule has 0 aliphatic rings. The second kappa shape index (κ2) is 20.0. The Kier molecular flexibility index (Phi) is 25.1.